The minimum absolute atomic E-state index is 0.173. The minimum Gasteiger partial charge on any atom is -0.497 e. The predicted octanol–water partition coefficient (Wildman–Crippen LogP) is 3.90. The molecule has 0 radical (unpaired) electrons. The van der Waals surface area contributed by atoms with Crippen LogP contribution in [0, 0.1) is 0 Å². The highest BCUT2D eigenvalue weighted by atomic mass is 79.9. The SMILES string of the molecule is CCOc1ccc(C(N)c2ccc(OC)cc2)cc1Br. The molecule has 0 aliphatic carbocycles. The molecule has 1 atom stereocenters. The Morgan fingerprint density at radius 3 is 2.30 bits per heavy atom. The van der Waals surface area contributed by atoms with E-state index in [1.165, 1.54) is 0 Å². The van der Waals surface area contributed by atoms with E-state index in [1.807, 2.05) is 49.4 Å². The molecule has 2 rings (SSSR count). The van der Waals surface area contributed by atoms with Crippen molar-refractivity contribution < 1.29 is 9.47 Å². The van der Waals surface area contributed by atoms with Gasteiger partial charge in [-0.15, -0.1) is 0 Å². The fraction of sp³-hybridized carbons (Fsp3) is 0.250. The van der Waals surface area contributed by atoms with Gasteiger partial charge < -0.3 is 15.2 Å². The number of ether oxygens (including phenoxy) is 2. The van der Waals surface area contributed by atoms with E-state index < -0.39 is 0 Å². The molecule has 0 fully saturated rings. The molecule has 1 unspecified atom stereocenters. The van der Waals surface area contributed by atoms with E-state index in [-0.39, 0.29) is 6.04 Å². The summed E-state index contributed by atoms with van der Waals surface area (Å²) in [6.07, 6.45) is 0. The second-order valence-electron chi connectivity index (χ2n) is 4.37. The molecular weight excluding hydrogens is 318 g/mol. The van der Waals surface area contributed by atoms with Crippen molar-refractivity contribution >= 4 is 15.9 Å². The highest BCUT2D eigenvalue weighted by Crippen LogP contribution is 2.30. The van der Waals surface area contributed by atoms with Crippen LogP contribution in [0.3, 0.4) is 0 Å². The van der Waals surface area contributed by atoms with E-state index in [1.54, 1.807) is 7.11 Å². The van der Waals surface area contributed by atoms with E-state index in [0.29, 0.717) is 6.61 Å². The van der Waals surface area contributed by atoms with E-state index in [4.69, 9.17) is 15.2 Å². The topological polar surface area (TPSA) is 44.5 Å². The first-order valence-corrected chi connectivity index (χ1v) is 7.26. The van der Waals surface area contributed by atoms with Gasteiger partial charge in [0.15, 0.2) is 0 Å². The van der Waals surface area contributed by atoms with Gasteiger partial charge in [0.25, 0.3) is 0 Å². The summed E-state index contributed by atoms with van der Waals surface area (Å²) in [4.78, 5) is 0. The number of halogens is 1. The Morgan fingerprint density at radius 2 is 1.75 bits per heavy atom. The summed E-state index contributed by atoms with van der Waals surface area (Å²) in [5, 5.41) is 0. The van der Waals surface area contributed by atoms with Gasteiger partial charge >= 0.3 is 0 Å². The summed E-state index contributed by atoms with van der Waals surface area (Å²) >= 11 is 3.51. The third-order valence-electron chi connectivity index (χ3n) is 3.09. The van der Waals surface area contributed by atoms with Crippen molar-refractivity contribution in [3.8, 4) is 11.5 Å². The third kappa shape index (κ3) is 3.32. The molecule has 2 aromatic rings. The van der Waals surface area contributed by atoms with Gasteiger partial charge in [-0.25, -0.2) is 0 Å². The average Bonchev–Trinajstić information content (AvgIpc) is 2.49. The maximum atomic E-state index is 6.30. The number of hydrogen-bond acceptors (Lipinski definition) is 3. The Balaban J connectivity index is 2.23. The Kier molecular flexibility index (Phi) is 5.04. The second kappa shape index (κ2) is 6.77. The lowest BCUT2D eigenvalue weighted by atomic mass is 9.99. The molecule has 0 heterocycles. The molecule has 106 valence electrons. The van der Waals surface area contributed by atoms with Gasteiger partial charge in [-0.2, -0.15) is 0 Å². The summed E-state index contributed by atoms with van der Waals surface area (Å²) < 4.78 is 11.6. The Labute approximate surface area is 127 Å². The molecular formula is C16H18BrNO2. The van der Waals surface area contributed by atoms with Gasteiger partial charge in [0, 0.05) is 0 Å². The molecule has 3 nitrogen and oxygen atoms in total. The summed E-state index contributed by atoms with van der Waals surface area (Å²) in [7, 11) is 1.65. The zero-order chi connectivity index (χ0) is 14.5. The lowest BCUT2D eigenvalue weighted by molar-refractivity contribution is 0.338. The zero-order valence-electron chi connectivity index (χ0n) is 11.6. The lowest BCUT2D eigenvalue weighted by Crippen LogP contribution is -2.11. The van der Waals surface area contributed by atoms with Crippen molar-refractivity contribution in [2.24, 2.45) is 5.73 Å². The monoisotopic (exact) mass is 335 g/mol. The average molecular weight is 336 g/mol. The third-order valence-corrected chi connectivity index (χ3v) is 3.71. The zero-order valence-corrected chi connectivity index (χ0v) is 13.2. The Hall–Kier alpha value is -1.52. The van der Waals surface area contributed by atoms with Crippen LogP contribution in [-0.2, 0) is 0 Å². The van der Waals surface area contributed by atoms with Crippen molar-refractivity contribution in [3.05, 3.63) is 58.1 Å². The van der Waals surface area contributed by atoms with Gasteiger partial charge in [-0.1, -0.05) is 18.2 Å². The summed E-state index contributed by atoms with van der Waals surface area (Å²) in [6, 6.07) is 13.5. The molecule has 0 saturated carbocycles. The molecule has 0 aliphatic rings. The van der Waals surface area contributed by atoms with Crippen LogP contribution >= 0.6 is 15.9 Å². The van der Waals surface area contributed by atoms with Crippen LogP contribution in [0.1, 0.15) is 24.1 Å². The van der Waals surface area contributed by atoms with Crippen LogP contribution in [0.25, 0.3) is 0 Å². The molecule has 0 aromatic heterocycles. The van der Waals surface area contributed by atoms with Crippen LogP contribution < -0.4 is 15.2 Å². The lowest BCUT2D eigenvalue weighted by Gasteiger charge is -2.15. The standard InChI is InChI=1S/C16H18BrNO2/c1-3-20-15-9-6-12(10-14(15)17)16(18)11-4-7-13(19-2)8-5-11/h4-10,16H,3,18H2,1-2H3. The first-order valence-electron chi connectivity index (χ1n) is 6.47. The fourth-order valence-electron chi connectivity index (χ4n) is 1.99. The van der Waals surface area contributed by atoms with E-state index >= 15 is 0 Å². The number of methoxy groups -OCH3 is 1. The maximum Gasteiger partial charge on any atom is 0.133 e. The maximum absolute atomic E-state index is 6.30. The first kappa shape index (κ1) is 14.9. The van der Waals surface area contributed by atoms with Crippen molar-refractivity contribution in [1.29, 1.82) is 0 Å². The normalized spacial score (nSPS) is 12.0. The largest absolute Gasteiger partial charge is 0.497 e. The molecule has 0 amide bonds. The quantitative estimate of drug-likeness (QED) is 0.900. The summed E-state index contributed by atoms with van der Waals surface area (Å²) in [6.45, 7) is 2.60. The molecule has 2 aromatic carbocycles. The van der Waals surface area contributed by atoms with Crippen LogP contribution in [0.5, 0.6) is 11.5 Å². The molecule has 0 aliphatic heterocycles. The Bertz CT molecular complexity index is 569. The van der Waals surface area contributed by atoms with Crippen molar-refractivity contribution in [3.63, 3.8) is 0 Å². The van der Waals surface area contributed by atoms with Crippen molar-refractivity contribution in [1.82, 2.24) is 0 Å². The number of benzene rings is 2. The highest BCUT2D eigenvalue weighted by Gasteiger charge is 2.11. The fourth-order valence-corrected chi connectivity index (χ4v) is 2.50. The molecule has 0 bridgehead atoms. The van der Waals surface area contributed by atoms with Crippen molar-refractivity contribution in [2.45, 2.75) is 13.0 Å². The highest BCUT2D eigenvalue weighted by molar-refractivity contribution is 9.10. The van der Waals surface area contributed by atoms with Crippen LogP contribution in [0.15, 0.2) is 46.9 Å². The first-order chi connectivity index (χ1) is 9.65. The van der Waals surface area contributed by atoms with Gasteiger partial charge in [0.05, 0.1) is 24.2 Å². The van der Waals surface area contributed by atoms with Gasteiger partial charge in [-0.3, -0.25) is 0 Å². The number of hydrogen-bond donors (Lipinski definition) is 1. The number of rotatable bonds is 5. The van der Waals surface area contributed by atoms with E-state index in [9.17, 15) is 0 Å². The predicted molar refractivity (Wildman–Crippen MR) is 84.3 cm³/mol. The molecule has 2 N–H and O–H groups in total. The summed E-state index contributed by atoms with van der Waals surface area (Å²) in [5.41, 5.74) is 8.37. The Morgan fingerprint density at radius 1 is 1.10 bits per heavy atom. The van der Waals surface area contributed by atoms with Crippen LogP contribution in [-0.4, -0.2) is 13.7 Å². The van der Waals surface area contributed by atoms with E-state index in [2.05, 4.69) is 15.9 Å². The smallest absolute Gasteiger partial charge is 0.133 e. The summed E-state index contributed by atoms with van der Waals surface area (Å²) in [5.74, 6) is 1.66. The minimum atomic E-state index is -0.173. The van der Waals surface area contributed by atoms with Gasteiger partial charge in [-0.05, 0) is 58.2 Å². The number of nitrogens with two attached hydrogens (primary N) is 1. The van der Waals surface area contributed by atoms with Gasteiger partial charge in [0.2, 0.25) is 0 Å². The second-order valence-corrected chi connectivity index (χ2v) is 5.23. The molecule has 0 spiro atoms. The molecule has 0 saturated heterocycles. The van der Waals surface area contributed by atoms with Crippen LogP contribution in [0.4, 0.5) is 0 Å². The molecule has 4 heteroatoms. The van der Waals surface area contributed by atoms with E-state index in [0.717, 1.165) is 27.1 Å². The van der Waals surface area contributed by atoms with Crippen molar-refractivity contribution in [2.75, 3.05) is 13.7 Å². The molecule has 20 heavy (non-hydrogen) atoms. The van der Waals surface area contributed by atoms with Crippen LogP contribution in [0.2, 0.25) is 0 Å². The van der Waals surface area contributed by atoms with Gasteiger partial charge in [0.1, 0.15) is 11.5 Å².